The Hall–Kier alpha value is -3.32. The normalized spacial score (nSPS) is 12.4. The molecular weight excluding hydrogens is 451 g/mol. The van der Waals surface area contributed by atoms with Gasteiger partial charge in [-0.2, -0.15) is 8.78 Å². The fourth-order valence-electron chi connectivity index (χ4n) is 2.81. The standard InChI is InChI=1S/C24H16ClF5O2/c1-16(18-6-5-9-21(15-18)31-19-7-3-2-4-8-19)14-22(23(25,26)27)17-10-12-20(13-11-17)32-24(28,29)30/h2-15H,1H2. The van der Waals surface area contributed by atoms with Gasteiger partial charge in [0, 0.05) is 5.57 Å². The zero-order valence-corrected chi connectivity index (χ0v) is 17.1. The van der Waals surface area contributed by atoms with E-state index in [0.717, 1.165) is 30.3 Å². The van der Waals surface area contributed by atoms with Crippen LogP contribution in [0.25, 0.3) is 11.1 Å². The second-order valence-corrected chi connectivity index (χ2v) is 7.07. The van der Waals surface area contributed by atoms with E-state index in [0.29, 0.717) is 17.1 Å². The number of ether oxygens (including phenoxy) is 2. The predicted octanol–water partition coefficient (Wildman–Crippen LogP) is 8.31. The Morgan fingerprint density at radius 2 is 1.38 bits per heavy atom. The van der Waals surface area contributed by atoms with Gasteiger partial charge in [0.05, 0.1) is 0 Å². The quantitative estimate of drug-likeness (QED) is 0.198. The van der Waals surface area contributed by atoms with E-state index in [-0.39, 0.29) is 11.1 Å². The molecule has 0 amide bonds. The summed E-state index contributed by atoms with van der Waals surface area (Å²) in [5.41, 5.74) is -0.0159. The Labute approximate surface area is 186 Å². The largest absolute Gasteiger partial charge is 0.573 e. The minimum Gasteiger partial charge on any atom is -0.457 e. The van der Waals surface area contributed by atoms with Crippen molar-refractivity contribution in [3.8, 4) is 17.2 Å². The van der Waals surface area contributed by atoms with Gasteiger partial charge in [0.15, 0.2) is 0 Å². The summed E-state index contributed by atoms with van der Waals surface area (Å²) >= 11 is 5.27. The molecule has 0 aliphatic rings. The van der Waals surface area contributed by atoms with Crippen molar-refractivity contribution >= 4 is 22.7 Å². The molecule has 8 heteroatoms. The predicted molar refractivity (Wildman–Crippen MR) is 114 cm³/mol. The maximum absolute atomic E-state index is 14.1. The van der Waals surface area contributed by atoms with Gasteiger partial charge in [-0.3, -0.25) is 0 Å². The summed E-state index contributed by atoms with van der Waals surface area (Å²) in [6.45, 7) is 3.82. The first-order valence-corrected chi connectivity index (χ1v) is 9.56. The van der Waals surface area contributed by atoms with Crippen LogP contribution in [-0.4, -0.2) is 11.7 Å². The third kappa shape index (κ3) is 6.59. The fourth-order valence-corrected chi connectivity index (χ4v) is 2.97. The van der Waals surface area contributed by atoms with Crippen molar-refractivity contribution in [3.63, 3.8) is 0 Å². The number of hydrogen-bond acceptors (Lipinski definition) is 2. The Morgan fingerprint density at radius 3 is 1.97 bits per heavy atom. The molecule has 0 fully saturated rings. The maximum Gasteiger partial charge on any atom is 0.573 e. The van der Waals surface area contributed by atoms with E-state index in [9.17, 15) is 22.0 Å². The van der Waals surface area contributed by atoms with Crippen molar-refractivity contribution < 1.29 is 31.4 Å². The molecule has 0 bridgehead atoms. The summed E-state index contributed by atoms with van der Waals surface area (Å²) in [4.78, 5) is 0. The topological polar surface area (TPSA) is 18.5 Å². The molecule has 0 saturated heterocycles. The second-order valence-electron chi connectivity index (χ2n) is 6.60. The van der Waals surface area contributed by atoms with Gasteiger partial charge >= 0.3 is 11.7 Å². The summed E-state index contributed by atoms with van der Waals surface area (Å²) < 4.78 is 74.7. The van der Waals surface area contributed by atoms with Crippen molar-refractivity contribution in [3.05, 3.63) is 103 Å². The van der Waals surface area contributed by atoms with Crippen LogP contribution in [0.3, 0.4) is 0 Å². The Kier molecular flexibility index (Phi) is 6.89. The third-order valence-corrected chi connectivity index (χ3v) is 4.41. The maximum atomic E-state index is 14.1. The SMILES string of the molecule is C=C(C=C(c1ccc(OC(F)(F)F)cc1)C(F)(F)Cl)c1cccc(Oc2ccccc2)c1. The smallest absolute Gasteiger partial charge is 0.457 e. The van der Waals surface area contributed by atoms with Crippen molar-refractivity contribution in [2.75, 3.05) is 0 Å². The number of hydrogen-bond donors (Lipinski definition) is 0. The minimum absolute atomic E-state index is 0.0858. The van der Waals surface area contributed by atoms with Gasteiger partial charge < -0.3 is 9.47 Å². The van der Waals surface area contributed by atoms with Crippen LogP contribution in [0.1, 0.15) is 11.1 Å². The molecule has 3 aromatic rings. The van der Waals surface area contributed by atoms with Gasteiger partial charge in [-0.05, 0) is 70.8 Å². The molecule has 0 spiro atoms. The Balaban J connectivity index is 1.87. The molecule has 0 N–H and O–H groups in total. The van der Waals surface area contributed by atoms with Crippen LogP contribution < -0.4 is 9.47 Å². The first kappa shape index (κ1) is 23.3. The first-order chi connectivity index (χ1) is 15.0. The zero-order chi connectivity index (χ0) is 23.4. The average molecular weight is 467 g/mol. The lowest BCUT2D eigenvalue weighted by molar-refractivity contribution is -0.274. The molecule has 0 aliphatic heterocycles. The van der Waals surface area contributed by atoms with Crippen LogP contribution in [0.15, 0.2) is 91.5 Å². The lowest BCUT2D eigenvalue weighted by atomic mass is 9.99. The molecule has 0 aliphatic carbocycles. The van der Waals surface area contributed by atoms with Gasteiger partial charge in [0.25, 0.3) is 0 Å². The molecule has 32 heavy (non-hydrogen) atoms. The van der Waals surface area contributed by atoms with E-state index in [2.05, 4.69) is 11.3 Å². The summed E-state index contributed by atoms with van der Waals surface area (Å²) in [7, 11) is 0. The fraction of sp³-hybridized carbons (Fsp3) is 0.0833. The van der Waals surface area contributed by atoms with Crippen LogP contribution >= 0.6 is 11.6 Å². The summed E-state index contributed by atoms with van der Waals surface area (Å²) in [5, 5.41) is -3.80. The summed E-state index contributed by atoms with van der Waals surface area (Å²) in [6, 6.07) is 19.6. The molecule has 0 unspecified atom stereocenters. The number of halogens is 6. The molecule has 0 heterocycles. The molecule has 0 saturated carbocycles. The highest BCUT2D eigenvalue weighted by Crippen LogP contribution is 2.39. The first-order valence-electron chi connectivity index (χ1n) is 9.18. The number of para-hydroxylation sites is 1. The number of alkyl halides is 6. The van der Waals surface area contributed by atoms with E-state index in [1.54, 1.807) is 48.5 Å². The number of rotatable bonds is 7. The van der Waals surface area contributed by atoms with E-state index >= 15 is 0 Å². The molecular formula is C24H16ClF5O2. The van der Waals surface area contributed by atoms with Crippen LogP contribution in [0.2, 0.25) is 0 Å². The van der Waals surface area contributed by atoms with E-state index in [1.165, 1.54) is 0 Å². The van der Waals surface area contributed by atoms with Gasteiger partial charge in [-0.1, -0.05) is 49.0 Å². The van der Waals surface area contributed by atoms with Crippen LogP contribution in [0, 0.1) is 0 Å². The van der Waals surface area contributed by atoms with Crippen molar-refractivity contribution in [1.82, 2.24) is 0 Å². The van der Waals surface area contributed by atoms with Crippen molar-refractivity contribution in [2.45, 2.75) is 11.7 Å². The second kappa shape index (κ2) is 9.44. The average Bonchev–Trinajstić information content (AvgIpc) is 2.71. The van der Waals surface area contributed by atoms with Crippen molar-refractivity contribution in [1.29, 1.82) is 0 Å². The highest BCUT2D eigenvalue weighted by atomic mass is 35.5. The third-order valence-electron chi connectivity index (χ3n) is 4.21. The summed E-state index contributed by atoms with van der Waals surface area (Å²) in [5.74, 6) is 0.527. The number of allylic oxidation sites excluding steroid dienone is 3. The molecule has 3 aromatic carbocycles. The molecule has 0 radical (unpaired) electrons. The zero-order valence-electron chi connectivity index (χ0n) is 16.4. The molecule has 0 atom stereocenters. The van der Waals surface area contributed by atoms with Gasteiger partial charge in [0.2, 0.25) is 0 Å². The minimum atomic E-state index is -4.89. The molecule has 0 aromatic heterocycles. The Morgan fingerprint density at radius 1 is 0.750 bits per heavy atom. The van der Waals surface area contributed by atoms with Crippen LogP contribution in [-0.2, 0) is 0 Å². The van der Waals surface area contributed by atoms with Gasteiger partial charge in [0.1, 0.15) is 17.2 Å². The van der Waals surface area contributed by atoms with E-state index < -0.39 is 23.1 Å². The summed E-state index contributed by atoms with van der Waals surface area (Å²) in [6.07, 6.45) is -3.81. The highest BCUT2D eigenvalue weighted by Gasteiger charge is 2.33. The van der Waals surface area contributed by atoms with E-state index in [1.807, 2.05) is 6.07 Å². The van der Waals surface area contributed by atoms with Crippen molar-refractivity contribution in [2.24, 2.45) is 0 Å². The lowest BCUT2D eigenvalue weighted by Gasteiger charge is -2.16. The van der Waals surface area contributed by atoms with Crippen LogP contribution in [0.4, 0.5) is 22.0 Å². The number of benzene rings is 3. The van der Waals surface area contributed by atoms with Gasteiger partial charge in [-0.25, -0.2) is 0 Å². The molecule has 3 rings (SSSR count). The monoisotopic (exact) mass is 466 g/mol. The lowest BCUT2D eigenvalue weighted by Crippen LogP contribution is -2.17. The van der Waals surface area contributed by atoms with E-state index in [4.69, 9.17) is 16.3 Å². The Bertz CT molecular complexity index is 1100. The molecule has 166 valence electrons. The highest BCUT2D eigenvalue weighted by molar-refractivity contribution is 6.28. The molecule has 2 nitrogen and oxygen atoms in total. The van der Waals surface area contributed by atoms with Crippen LogP contribution in [0.5, 0.6) is 17.2 Å². The van der Waals surface area contributed by atoms with Gasteiger partial charge in [-0.15, -0.1) is 13.2 Å².